The molecule has 0 saturated heterocycles. The largest absolute Gasteiger partial charge is 0.386 e. The second kappa shape index (κ2) is 10.7. The Kier molecular flexibility index (Phi) is 8.58. The number of thiophene rings is 1. The van der Waals surface area contributed by atoms with Gasteiger partial charge in [-0.1, -0.05) is 18.2 Å². The van der Waals surface area contributed by atoms with E-state index in [4.69, 9.17) is 0 Å². The molecule has 0 aliphatic rings. The number of nitrogens with zero attached hydrogens (tertiary/aromatic N) is 3. The van der Waals surface area contributed by atoms with Gasteiger partial charge in [0.15, 0.2) is 5.96 Å². The van der Waals surface area contributed by atoms with Crippen LogP contribution >= 0.6 is 35.3 Å². The number of rotatable bonds is 7. The van der Waals surface area contributed by atoms with E-state index in [0.717, 1.165) is 19.5 Å². The van der Waals surface area contributed by atoms with E-state index >= 15 is 0 Å². The van der Waals surface area contributed by atoms with Crippen molar-refractivity contribution in [3.63, 3.8) is 0 Å². The van der Waals surface area contributed by atoms with Crippen LogP contribution in [0.5, 0.6) is 0 Å². The maximum atomic E-state index is 12.9. The monoisotopic (exact) mass is 521 g/mol. The van der Waals surface area contributed by atoms with Crippen LogP contribution in [0.15, 0.2) is 47.7 Å². The zero-order chi connectivity index (χ0) is 19.2. The van der Waals surface area contributed by atoms with Crippen LogP contribution in [0.4, 0.5) is 8.78 Å². The van der Waals surface area contributed by atoms with E-state index < -0.39 is 12.7 Å². The molecule has 0 amide bonds. The number of aliphatic hydroxyl groups excluding tert-OH is 1. The molecule has 2 aromatic heterocycles. The first kappa shape index (κ1) is 22.5. The number of nitrogens with one attached hydrogen (secondary N) is 2. The Morgan fingerprint density at radius 3 is 2.82 bits per heavy atom. The molecule has 3 N–H and O–H groups in total. The first-order valence-electron chi connectivity index (χ1n) is 8.57. The summed E-state index contributed by atoms with van der Waals surface area (Å²) in [6.45, 7) is 0.115. The fourth-order valence-electron chi connectivity index (χ4n) is 2.60. The lowest BCUT2D eigenvalue weighted by atomic mass is 10.2. The van der Waals surface area contributed by atoms with Crippen molar-refractivity contribution < 1.29 is 13.9 Å². The number of benzene rings is 1. The van der Waals surface area contributed by atoms with Crippen molar-refractivity contribution in [3.05, 3.63) is 53.4 Å². The Morgan fingerprint density at radius 1 is 1.32 bits per heavy atom. The molecule has 28 heavy (non-hydrogen) atoms. The zero-order valence-electron chi connectivity index (χ0n) is 15.2. The van der Waals surface area contributed by atoms with Crippen molar-refractivity contribution in [1.82, 2.24) is 20.2 Å². The molecule has 0 bridgehead atoms. The topological polar surface area (TPSA) is 74.5 Å². The molecule has 152 valence electrons. The van der Waals surface area contributed by atoms with Gasteiger partial charge in [0.2, 0.25) is 0 Å². The lowest BCUT2D eigenvalue weighted by molar-refractivity contribution is 0.0671. The summed E-state index contributed by atoms with van der Waals surface area (Å²) < 4.78 is 27.6. The van der Waals surface area contributed by atoms with Gasteiger partial charge in [-0.15, -0.1) is 35.3 Å². The fraction of sp³-hybridized carbons (Fsp3) is 0.333. The number of aliphatic imine (C=N–C) groups is 1. The number of fused-ring (bicyclic) bond motifs is 1. The number of hydrogen-bond donors (Lipinski definition) is 3. The van der Waals surface area contributed by atoms with E-state index in [1.54, 1.807) is 0 Å². The molecular formula is C18H22F2IN5OS. The van der Waals surface area contributed by atoms with Crippen LogP contribution in [0.2, 0.25) is 0 Å². The Bertz CT molecular complexity index is 881. The molecular weight excluding hydrogens is 499 g/mol. The van der Waals surface area contributed by atoms with Crippen molar-refractivity contribution in [2.45, 2.75) is 26.1 Å². The van der Waals surface area contributed by atoms with Gasteiger partial charge >= 0.3 is 6.55 Å². The van der Waals surface area contributed by atoms with Crippen LogP contribution in [-0.2, 0) is 6.54 Å². The maximum absolute atomic E-state index is 12.9. The fourth-order valence-corrected chi connectivity index (χ4v) is 3.65. The highest BCUT2D eigenvalue weighted by atomic mass is 127. The Labute approximate surface area is 182 Å². The molecule has 6 nitrogen and oxygen atoms in total. The van der Waals surface area contributed by atoms with Crippen molar-refractivity contribution in [2.24, 2.45) is 4.99 Å². The Balaban J connectivity index is 0.00000280. The number of aromatic nitrogens is 2. The number of hydrogen-bond acceptors (Lipinski definition) is 4. The molecule has 0 aliphatic heterocycles. The van der Waals surface area contributed by atoms with Crippen molar-refractivity contribution in [2.75, 3.05) is 13.1 Å². The third-order valence-corrected chi connectivity index (χ3v) is 5.14. The van der Waals surface area contributed by atoms with Gasteiger partial charge in [-0.3, -0.25) is 4.57 Å². The molecule has 1 aromatic carbocycles. The highest BCUT2D eigenvalue weighted by Gasteiger charge is 2.13. The third-order valence-electron chi connectivity index (χ3n) is 3.92. The van der Waals surface area contributed by atoms with E-state index in [1.807, 2.05) is 37.3 Å². The summed E-state index contributed by atoms with van der Waals surface area (Å²) in [7, 11) is 0. The van der Waals surface area contributed by atoms with Gasteiger partial charge < -0.3 is 15.7 Å². The molecule has 0 saturated carbocycles. The first-order valence-corrected chi connectivity index (χ1v) is 9.38. The van der Waals surface area contributed by atoms with Gasteiger partial charge in [-0.2, -0.15) is 8.78 Å². The van der Waals surface area contributed by atoms with E-state index in [9.17, 15) is 13.9 Å². The number of halogens is 3. The highest BCUT2D eigenvalue weighted by molar-refractivity contribution is 14.0. The second-order valence-electron chi connectivity index (χ2n) is 5.81. The first-order chi connectivity index (χ1) is 13.1. The summed E-state index contributed by atoms with van der Waals surface area (Å²) in [6, 6.07) is 9.91. The quantitative estimate of drug-likeness (QED) is 0.251. The average molecular weight is 521 g/mol. The highest BCUT2D eigenvalue weighted by Crippen LogP contribution is 2.29. The summed E-state index contributed by atoms with van der Waals surface area (Å²) in [5, 5.41) is 17.6. The minimum absolute atomic E-state index is 0. The lowest BCUT2D eigenvalue weighted by Gasteiger charge is -2.14. The van der Waals surface area contributed by atoms with Gasteiger partial charge in [0.1, 0.15) is 18.5 Å². The van der Waals surface area contributed by atoms with Gasteiger partial charge in [-0.25, -0.2) is 9.98 Å². The van der Waals surface area contributed by atoms with Crippen LogP contribution in [0.3, 0.4) is 0 Å². The van der Waals surface area contributed by atoms with Crippen LogP contribution in [-0.4, -0.2) is 33.7 Å². The summed E-state index contributed by atoms with van der Waals surface area (Å²) in [5.41, 5.74) is 0. The molecule has 0 radical (unpaired) electrons. The number of imidazole rings is 1. The van der Waals surface area contributed by atoms with E-state index in [1.165, 1.54) is 23.7 Å². The van der Waals surface area contributed by atoms with Crippen LogP contribution in [0.25, 0.3) is 10.1 Å². The molecule has 2 heterocycles. The van der Waals surface area contributed by atoms with Crippen molar-refractivity contribution >= 4 is 51.4 Å². The Morgan fingerprint density at radius 2 is 2.11 bits per heavy atom. The standard InChI is InChI=1S/C18H21F2N5OS.HI/c1-2-21-18(24-11-16-22-7-8-25(16)17(19)20)23-10-13(26)15-9-12-5-3-4-6-14(12)27-15;/h3-9,13,17,26H,2,10-11H2,1H3,(H2,21,23,24);1H. The molecule has 0 aliphatic carbocycles. The van der Waals surface area contributed by atoms with Crippen molar-refractivity contribution in [1.29, 1.82) is 0 Å². The summed E-state index contributed by atoms with van der Waals surface area (Å²) in [4.78, 5) is 9.04. The van der Waals surface area contributed by atoms with Crippen LogP contribution < -0.4 is 10.6 Å². The maximum Gasteiger partial charge on any atom is 0.319 e. The third kappa shape index (κ3) is 5.61. The number of aliphatic hydroxyl groups is 1. The molecule has 3 aromatic rings. The van der Waals surface area contributed by atoms with Gasteiger partial charge in [0.05, 0.1) is 0 Å². The summed E-state index contributed by atoms with van der Waals surface area (Å²) in [6.07, 6.45) is 1.85. The van der Waals surface area contributed by atoms with Gasteiger partial charge in [-0.05, 0) is 24.4 Å². The van der Waals surface area contributed by atoms with Crippen molar-refractivity contribution in [3.8, 4) is 0 Å². The van der Waals surface area contributed by atoms with Gasteiger partial charge in [0.25, 0.3) is 0 Å². The summed E-state index contributed by atoms with van der Waals surface area (Å²) in [5.74, 6) is 0.605. The average Bonchev–Trinajstić information content (AvgIpc) is 3.30. The van der Waals surface area contributed by atoms with Crippen LogP contribution in [0.1, 0.15) is 30.3 Å². The number of guanidine groups is 1. The number of alkyl halides is 2. The van der Waals surface area contributed by atoms with E-state index in [0.29, 0.717) is 12.5 Å². The minimum atomic E-state index is -2.65. The Hall–Kier alpha value is -1.79. The molecule has 3 rings (SSSR count). The SMILES string of the molecule is CCNC(=NCc1nccn1C(F)F)NCC(O)c1cc2ccccc2s1.I. The molecule has 10 heteroatoms. The lowest BCUT2D eigenvalue weighted by Crippen LogP contribution is -2.39. The summed E-state index contributed by atoms with van der Waals surface area (Å²) >= 11 is 1.54. The predicted molar refractivity (Wildman–Crippen MR) is 118 cm³/mol. The molecule has 1 unspecified atom stereocenters. The molecule has 0 fully saturated rings. The normalized spacial score (nSPS) is 12.8. The van der Waals surface area contributed by atoms with Gasteiger partial charge in [0, 0.05) is 35.1 Å². The van der Waals surface area contributed by atoms with E-state index in [2.05, 4.69) is 20.6 Å². The zero-order valence-corrected chi connectivity index (χ0v) is 18.3. The molecule has 0 spiro atoms. The predicted octanol–water partition coefficient (Wildman–Crippen LogP) is 3.90. The minimum Gasteiger partial charge on any atom is -0.386 e. The second-order valence-corrected chi connectivity index (χ2v) is 6.92. The van der Waals surface area contributed by atoms with Crippen LogP contribution in [0, 0.1) is 0 Å². The smallest absolute Gasteiger partial charge is 0.319 e. The van der Waals surface area contributed by atoms with E-state index in [-0.39, 0.29) is 42.9 Å². The molecule has 1 atom stereocenters.